The number of nitrogens with two attached hydrogens (primary N) is 2. The van der Waals surface area contributed by atoms with Gasteiger partial charge in [0.2, 0.25) is 11.8 Å². The fourth-order valence-electron chi connectivity index (χ4n) is 8.12. The molecule has 0 fully saturated rings. The first-order valence-corrected chi connectivity index (χ1v) is 29.6. The monoisotopic (exact) mass is 1320 g/mol. The summed E-state index contributed by atoms with van der Waals surface area (Å²) in [6, 6.07) is 20.0. The van der Waals surface area contributed by atoms with Crippen molar-refractivity contribution >= 4 is 93.6 Å². The number of alkyl carbamates (subject to hydrolysis) is 2. The number of rotatable bonds is 29. The lowest BCUT2D eigenvalue weighted by Gasteiger charge is -2.26. The van der Waals surface area contributed by atoms with Crippen molar-refractivity contribution in [3.05, 3.63) is 128 Å². The molecule has 30 nitrogen and oxygen atoms in total. The van der Waals surface area contributed by atoms with Gasteiger partial charge in [-0.25, -0.2) is 28.8 Å². The Kier molecular flexibility index (Phi) is 33.5. The van der Waals surface area contributed by atoms with E-state index in [0.717, 1.165) is 0 Å². The number of non-ortho nitro benzene ring substituents is 2. The van der Waals surface area contributed by atoms with E-state index in [-0.39, 0.29) is 97.7 Å². The predicted molar refractivity (Wildman–Crippen MR) is 341 cm³/mol. The molecule has 11 N–H and O–H groups in total. The molecule has 0 aliphatic carbocycles. The largest absolute Gasteiger partial charge is 0.514 e. The topological polar surface area (TPSA) is 448 Å². The summed E-state index contributed by atoms with van der Waals surface area (Å²) >= 11 is 4.92. The van der Waals surface area contributed by atoms with Crippen molar-refractivity contribution in [2.75, 3.05) is 23.7 Å². The highest BCUT2D eigenvalue weighted by molar-refractivity contribution is 6.61. The van der Waals surface area contributed by atoms with Crippen LogP contribution >= 0.6 is 11.6 Å². The number of nitro benzene ring substituents is 2. The summed E-state index contributed by atoms with van der Waals surface area (Å²) in [6.07, 6.45) is -1.35. The van der Waals surface area contributed by atoms with Gasteiger partial charge in [0.25, 0.3) is 11.4 Å². The highest BCUT2D eigenvalue weighted by atomic mass is 35.5. The summed E-state index contributed by atoms with van der Waals surface area (Å²) in [6.45, 7) is 17.7. The maximum atomic E-state index is 13.3. The molecular formula is C62H83ClN10O20. The number of carbonyl (C=O) groups excluding carboxylic acids is 10. The third-order valence-corrected chi connectivity index (χ3v) is 12.6. The summed E-state index contributed by atoms with van der Waals surface area (Å²) in [5, 5.41) is 45.9. The minimum atomic E-state index is -1.01. The third-order valence-electron chi connectivity index (χ3n) is 12.5. The Morgan fingerprint density at radius 3 is 1.22 bits per heavy atom. The van der Waals surface area contributed by atoms with Crippen molar-refractivity contribution in [1.82, 2.24) is 21.3 Å². The third kappa shape index (κ3) is 33.6. The van der Waals surface area contributed by atoms with Crippen LogP contribution in [0.2, 0.25) is 0 Å². The smallest absolute Gasteiger partial charge is 0.444 e. The van der Waals surface area contributed by atoms with Gasteiger partial charge in [-0.15, -0.1) is 0 Å². The van der Waals surface area contributed by atoms with E-state index >= 15 is 0 Å². The lowest BCUT2D eigenvalue weighted by Crippen LogP contribution is -2.47. The number of carbonyl (C=O) groups is 10. The zero-order chi connectivity index (χ0) is 70.2. The maximum Gasteiger partial charge on any atom is 0.514 e. The Balaban J connectivity index is 0.000000545. The Morgan fingerprint density at radius 2 is 0.903 bits per heavy atom. The van der Waals surface area contributed by atoms with Crippen molar-refractivity contribution in [2.45, 2.75) is 144 Å². The first-order valence-electron chi connectivity index (χ1n) is 29.2. The van der Waals surface area contributed by atoms with Crippen LogP contribution in [0.1, 0.15) is 119 Å². The standard InChI is InChI=1S/C31H41N5O10.C24H38N4O6.C7H4ClNO4/c1-19(2)26(35-29(40)46-31(3,4)5)25(37)17-21(7-6-16-33-28(32)39)27(38)34-22-10-8-20(9-11-22)18-44-30(41)45-24-14-12-23(13-15-24)36(42)43;1-15(2)20(28-23(33)34-24(3,4)5)19(30)13-17(7-6-12-26-22(25)32)21(31)27-18-10-8-16(14-29)9-11-18;8-7(10)13-6-3-1-5(2-4-6)9(11)12/h8-15,19,21,26H,6-7,16-18H2,1-5H3,(H,34,38)(H,35,40)(H3,32,33,39);8-11,15,17,20,29H,6-7,12-14H2,1-5H3,(H,27,31)(H,28,33)(H3,25,26,32);1-4H/t21-,26+;17-,20+;/m11./s1. The van der Waals surface area contributed by atoms with E-state index in [4.69, 9.17) is 42.0 Å². The van der Waals surface area contributed by atoms with Crippen molar-refractivity contribution in [3.63, 3.8) is 0 Å². The molecule has 4 aromatic rings. The highest BCUT2D eigenvalue weighted by Crippen LogP contribution is 2.24. The average Bonchev–Trinajstić information content (AvgIpc) is 1.10. The SMILES string of the molecule is CC(C)[C@H](NC(=O)OC(C)(C)C)C(=O)C[C@@H](CCCNC(N)=O)C(=O)Nc1ccc(CO)cc1.CC(C)[C@H](NC(=O)OC(C)(C)C)C(=O)C[C@@H](CCCNC(N)=O)C(=O)Nc1ccc(COC(=O)Oc2ccc([N+](=O)[O-])cc2)cc1.O=C(Cl)Oc1ccc([N+](=O)[O-])cc1. The average molecular weight is 1320 g/mol. The number of nitrogens with zero attached hydrogens (tertiary/aromatic N) is 2. The second kappa shape index (κ2) is 39.3. The summed E-state index contributed by atoms with van der Waals surface area (Å²) < 4.78 is 25.1. The van der Waals surface area contributed by atoms with Crippen LogP contribution in [0, 0.1) is 43.9 Å². The van der Waals surface area contributed by atoms with Crippen LogP contribution in [-0.4, -0.2) is 111 Å². The van der Waals surface area contributed by atoms with Crippen LogP contribution in [0.4, 0.5) is 51.5 Å². The molecule has 4 aromatic carbocycles. The van der Waals surface area contributed by atoms with Gasteiger partial charge in [-0.05, 0) is 139 Å². The number of anilines is 2. The van der Waals surface area contributed by atoms with E-state index in [1.165, 1.54) is 48.5 Å². The number of aliphatic hydroxyl groups excluding tert-OH is 1. The number of urea groups is 2. The molecule has 0 saturated heterocycles. The number of aliphatic hydroxyl groups is 1. The molecule has 93 heavy (non-hydrogen) atoms. The first kappa shape index (κ1) is 79.1. The first-order chi connectivity index (χ1) is 43.4. The van der Waals surface area contributed by atoms with Crippen LogP contribution in [0.25, 0.3) is 0 Å². The van der Waals surface area contributed by atoms with Crippen molar-refractivity contribution in [1.29, 1.82) is 0 Å². The Labute approximate surface area is 542 Å². The summed E-state index contributed by atoms with van der Waals surface area (Å²) in [5.74, 6) is -3.17. The Morgan fingerprint density at radius 1 is 0.548 bits per heavy atom. The molecule has 0 aromatic heterocycles. The number of nitro groups is 2. The van der Waals surface area contributed by atoms with Crippen molar-refractivity contribution in [2.24, 2.45) is 35.1 Å². The number of hydrogen-bond donors (Lipinski definition) is 9. The Bertz CT molecular complexity index is 3150. The summed E-state index contributed by atoms with van der Waals surface area (Å²) in [5.41, 5.74) is 9.76. The van der Waals surface area contributed by atoms with Crippen LogP contribution in [0.3, 0.4) is 0 Å². The van der Waals surface area contributed by atoms with Gasteiger partial charge in [0.15, 0.2) is 11.6 Å². The van der Waals surface area contributed by atoms with E-state index in [2.05, 4.69) is 36.6 Å². The molecule has 0 aliphatic heterocycles. The molecule has 0 saturated carbocycles. The van der Waals surface area contributed by atoms with Gasteiger partial charge in [-0.3, -0.25) is 39.4 Å². The molecule has 4 rings (SSSR count). The molecule has 508 valence electrons. The predicted octanol–water partition coefficient (Wildman–Crippen LogP) is 9.85. The zero-order valence-electron chi connectivity index (χ0n) is 53.4. The van der Waals surface area contributed by atoms with E-state index in [9.17, 15) is 73.3 Å². The van der Waals surface area contributed by atoms with Gasteiger partial charge in [-0.2, -0.15) is 0 Å². The molecule has 8 amide bonds. The van der Waals surface area contributed by atoms with Gasteiger partial charge in [0.1, 0.15) is 29.3 Å². The molecular weight excluding hydrogens is 1240 g/mol. The minimum absolute atomic E-state index is 0.0747. The summed E-state index contributed by atoms with van der Waals surface area (Å²) in [4.78, 5) is 141. The number of benzene rings is 4. The van der Waals surface area contributed by atoms with E-state index in [1.54, 1.807) is 118 Å². The van der Waals surface area contributed by atoms with Gasteiger partial charge in [-0.1, -0.05) is 52.0 Å². The van der Waals surface area contributed by atoms with E-state index in [1.807, 2.05) is 0 Å². The number of amides is 8. The fraction of sp³-hybridized carbons (Fsp3) is 0.452. The number of ketones is 2. The molecule has 0 bridgehead atoms. The maximum absolute atomic E-state index is 13.3. The van der Waals surface area contributed by atoms with Gasteiger partial charge in [0, 0.05) is 85.0 Å². The molecule has 0 spiro atoms. The van der Waals surface area contributed by atoms with Crippen LogP contribution in [-0.2, 0) is 46.6 Å². The van der Waals surface area contributed by atoms with Crippen LogP contribution in [0.15, 0.2) is 97.1 Å². The fourth-order valence-corrected chi connectivity index (χ4v) is 8.21. The number of nitrogens with one attached hydrogen (secondary N) is 6. The zero-order valence-corrected chi connectivity index (χ0v) is 54.2. The quantitative estimate of drug-likeness (QED) is 0.00464. The highest BCUT2D eigenvalue weighted by Gasteiger charge is 2.33. The van der Waals surface area contributed by atoms with Crippen molar-refractivity contribution in [3.8, 4) is 11.5 Å². The van der Waals surface area contributed by atoms with Gasteiger partial charge in [0.05, 0.1) is 28.5 Å². The second-order valence-electron chi connectivity index (χ2n) is 23.3. The van der Waals surface area contributed by atoms with Gasteiger partial charge < -0.3 is 72.2 Å². The number of ether oxygens (including phenoxy) is 5. The van der Waals surface area contributed by atoms with Crippen LogP contribution < -0.4 is 52.8 Å². The number of hydrogen-bond acceptors (Lipinski definition) is 20. The lowest BCUT2D eigenvalue weighted by molar-refractivity contribution is -0.385. The molecule has 0 aliphatic rings. The number of primary amides is 2. The van der Waals surface area contributed by atoms with Gasteiger partial charge >= 0.3 is 35.8 Å². The molecule has 0 unspecified atom stereocenters. The molecule has 0 radical (unpaired) electrons. The molecule has 0 heterocycles. The minimum Gasteiger partial charge on any atom is -0.444 e. The second-order valence-corrected chi connectivity index (χ2v) is 23.7. The van der Waals surface area contributed by atoms with E-state index < -0.39 is 86.7 Å². The van der Waals surface area contributed by atoms with Crippen LogP contribution in [0.5, 0.6) is 11.5 Å². The number of halogens is 1. The number of Topliss-reactive ketones (excluding diaryl/α,β-unsaturated/α-hetero) is 2. The lowest BCUT2D eigenvalue weighted by atomic mass is 9.89. The molecule has 4 atom stereocenters. The summed E-state index contributed by atoms with van der Waals surface area (Å²) in [7, 11) is 0. The van der Waals surface area contributed by atoms with Crippen molar-refractivity contribution < 1.29 is 86.6 Å². The molecule has 31 heteroatoms. The normalized spacial score (nSPS) is 12.2. The Hall–Kier alpha value is -9.97. The van der Waals surface area contributed by atoms with E-state index in [0.29, 0.717) is 41.8 Å².